The number of aliphatic hydroxyl groups is 1. The van der Waals surface area contributed by atoms with Gasteiger partial charge in [-0.25, -0.2) is 0 Å². The van der Waals surface area contributed by atoms with Crippen molar-refractivity contribution in [2.75, 3.05) is 13.1 Å². The summed E-state index contributed by atoms with van der Waals surface area (Å²) in [5.74, 6) is 1.69. The summed E-state index contributed by atoms with van der Waals surface area (Å²) in [6.07, 6.45) is 4.00. The summed E-state index contributed by atoms with van der Waals surface area (Å²) < 4.78 is 0. The first-order chi connectivity index (χ1) is 10.7. The standard InChI is InChI=1S/C18H29N3O/c1-3-8-15-13-16(15)21-18(19-4-2)20-12-11-17(22)14-9-6-5-7-10-14/h5-7,9-10,15-17,22H,3-4,8,11-13H2,1-2H3,(H2,19,20,21). The molecule has 1 aromatic carbocycles. The Kier molecular flexibility index (Phi) is 6.72. The van der Waals surface area contributed by atoms with Crippen LogP contribution in [0, 0.1) is 5.92 Å². The van der Waals surface area contributed by atoms with Crippen molar-refractivity contribution in [3.05, 3.63) is 35.9 Å². The Morgan fingerprint density at radius 1 is 1.32 bits per heavy atom. The second kappa shape index (κ2) is 8.79. The molecule has 4 heteroatoms. The maximum absolute atomic E-state index is 10.2. The van der Waals surface area contributed by atoms with Crippen LogP contribution in [-0.2, 0) is 0 Å². The zero-order chi connectivity index (χ0) is 15.8. The maximum atomic E-state index is 10.2. The molecule has 0 bridgehead atoms. The van der Waals surface area contributed by atoms with E-state index in [1.165, 1.54) is 19.3 Å². The highest BCUT2D eigenvalue weighted by Crippen LogP contribution is 2.34. The maximum Gasteiger partial charge on any atom is 0.191 e. The third-order valence-corrected chi connectivity index (χ3v) is 4.11. The molecule has 1 aromatic rings. The van der Waals surface area contributed by atoms with E-state index in [9.17, 15) is 5.11 Å². The highest BCUT2D eigenvalue weighted by molar-refractivity contribution is 5.80. The molecule has 1 aliphatic rings. The van der Waals surface area contributed by atoms with Crippen molar-refractivity contribution in [2.24, 2.45) is 10.9 Å². The summed E-state index contributed by atoms with van der Waals surface area (Å²) in [5, 5.41) is 16.9. The highest BCUT2D eigenvalue weighted by Gasteiger charge is 2.36. The number of nitrogens with zero attached hydrogens (tertiary/aromatic N) is 1. The van der Waals surface area contributed by atoms with Crippen LogP contribution in [0.2, 0.25) is 0 Å². The van der Waals surface area contributed by atoms with Crippen molar-refractivity contribution in [2.45, 2.75) is 51.7 Å². The third kappa shape index (κ3) is 5.34. The molecule has 2 rings (SSSR count). The Hall–Kier alpha value is -1.55. The molecule has 0 aliphatic heterocycles. The van der Waals surface area contributed by atoms with E-state index in [0.29, 0.717) is 19.0 Å². The average Bonchev–Trinajstić information content (AvgIpc) is 3.26. The van der Waals surface area contributed by atoms with Gasteiger partial charge in [-0.3, -0.25) is 4.99 Å². The lowest BCUT2D eigenvalue weighted by Crippen LogP contribution is -2.39. The van der Waals surface area contributed by atoms with E-state index >= 15 is 0 Å². The van der Waals surface area contributed by atoms with Crippen molar-refractivity contribution in [1.82, 2.24) is 10.6 Å². The van der Waals surface area contributed by atoms with Gasteiger partial charge in [0.25, 0.3) is 0 Å². The van der Waals surface area contributed by atoms with Crippen LogP contribution >= 0.6 is 0 Å². The van der Waals surface area contributed by atoms with Crippen LogP contribution in [0.1, 0.15) is 51.2 Å². The van der Waals surface area contributed by atoms with Gasteiger partial charge in [-0.15, -0.1) is 0 Å². The van der Waals surface area contributed by atoms with E-state index in [1.54, 1.807) is 0 Å². The number of aliphatic imine (C=N–C) groups is 1. The number of benzene rings is 1. The molecular weight excluding hydrogens is 274 g/mol. The molecule has 1 saturated carbocycles. The van der Waals surface area contributed by atoms with Crippen LogP contribution in [0.15, 0.2) is 35.3 Å². The summed E-state index contributed by atoms with van der Waals surface area (Å²) in [7, 11) is 0. The van der Waals surface area contributed by atoms with E-state index in [2.05, 4.69) is 29.5 Å². The molecule has 1 aliphatic carbocycles. The number of nitrogens with one attached hydrogen (secondary N) is 2. The molecule has 0 radical (unpaired) electrons. The van der Waals surface area contributed by atoms with Crippen LogP contribution in [0.5, 0.6) is 0 Å². The highest BCUT2D eigenvalue weighted by atomic mass is 16.3. The average molecular weight is 303 g/mol. The second-order valence-electron chi connectivity index (χ2n) is 6.01. The van der Waals surface area contributed by atoms with E-state index in [0.717, 1.165) is 24.0 Å². The SMILES string of the molecule is CCCC1CC1NC(=NCCC(O)c1ccccc1)NCC. The first kappa shape index (κ1) is 16.8. The van der Waals surface area contributed by atoms with E-state index in [4.69, 9.17) is 0 Å². The fraction of sp³-hybridized carbons (Fsp3) is 0.611. The Bertz CT molecular complexity index is 461. The number of guanidine groups is 1. The van der Waals surface area contributed by atoms with Gasteiger partial charge in [0.05, 0.1) is 6.10 Å². The lowest BCUT2D eigenvalue weighted by atomic mass is 10.1. The number of aliphatic hydroxyl groups excluding tert-OH is 1. The minimum Gasteiger partial charge on any atom is -0.388 e. The fourth-order valence-corrected chi connectivity index (χ4v) is 2.75. The minimum absolute atomic E-state index is 0.443. The quantitative estimate of drug-likeness (QED) is 0.511. The predicted octanol–water partition coefficient (Wildman–Crippen LogP) is 2.85. The summed E-state index contributed by atoms with van der Waals surface area (Å²) in [6.45, 7) is 5.79. The van der Waals surface area contributed by atoms with Crippen LogP contribution in [0.4, 0.5) is 0 Å². The molecule has 0 saturated heterocycles. The van der Waals surface area contributed by atoms with Crippen molar-refractivity contribution >= 4 is 5.96 Å². The summed E-state index contributed by atoms with van der Waals surface area (Å²) in [6, 6.07) is 10.4. The molecule has 22 heavy (non-hydrogen) atoms. The van der Waals surface area contributed by atoms with Crippen molar-refractivity contribution in [1.29, 1.82) is 0 Å². The van der Waals surface area contributed by atoms with Crippen LogP contribution in [-0.4, -0.2) is 30.2 Å². The normalized spacial score (nSPS) is 22.2. The molecular formula is C18H29N3O. The number of hydrogen-bond acceptors (Lipinski definition) is 2. The van der Waals surface area contributed by atoms with Gasteiger partial charge in [-0.1, -0.05) is 43.7 Å². The van der Waals surface area contributed by atoms with Gasteiger partial charge in [-0.05, 0) is 37.7 Å². The van der Waals surface area contributed by atoms with Gasteiger partial charge in [-0.2, -0.15) is 0 Å². The Morgan fingerprint density at radius 2 is 2.09 bits per heavy atom. The number of rotatable bonds is 8. The predicted molar refractivity (Wildman–Crippen MR) is 91.9 cm³/mol. The Labute approximate surface area is 134 Å². The van der Waals surface area contributed by atoms with Crippen LogP contribution < -0.4 is 10.6 Å². The Morgan fingerprint density at radius 3 is 2.77 bits per heavy atom. The number of hydrogen-bond donors (Lipinski definition) is 3. The third-order valence-electron chi connectivity index (χ3n) is 4.11. The second-order valence-corrected chi connectivity index (χ2v) is 6.01. The lowest BCUT2D eigenvalue weighted by Gasteiger charge is -2.13. The van der Waals surface area contributed by atoms with Crippen LogP contribution in [0.3, 0.4) is 0 Å². The topological polar surface area (TPSA) is 56.7 Å². The molecule has 1 fully saturated rings. The van der Waals surface area contributed by atoms with Gasteiger partial charge >= 0.3 is 0 Å². The fourth-order valence-electron chi connectivity index (χ4n) is 2.75. The molecule has 0 spiro atoms. The zero-order valence-corrected chi connectivity index (χ0v) is 13.8. The van der Waals surface area contributed by atoms with Gasteiger partial charge in [0.2, 0.25) is 0 Å². The van der Waals surface area contributed by atoms with Crippen molar-refractivity contribution in [3.8, 4) is 0 Å². The van der Waals surface area contributed by atoms with Gasteiger partial charge in [0.15, 0.2) is 5.96 Å². The lowest BCUT2D eigenvalue weighted by molar-refractivity contribution is 0.170. The molecule has 0 amide bonds. The van der Waals surface area contributed by atoms with Gasteiger partial charge in [0, 0.05) is 19.1 Å². The molecule has 4 nitrogen and oxygen atoms in total. The summed E-state index contributed by atoms with van der Waals surface area (Å²) >= 11 is 0. The molecule has 3 unspecified atom stereocenters. The van der Waals surface area contributed by atoms with E-state index in [1.807, 2.05) is 30.3 Å². The summed E-state index contributed by atoms with van der Waals surface area (Å²) in [4.78, 5) is 4.59. The van der Waals surface area contributed by atoms with Crippen LogP contribution in [0.25, 0.3) is 0 Å². The van der Waals surface area contributed by atoms with Crippen molar-refractivity contribution < 1.29 is 5.11 Å². The molecule has 0 heterocycles. The molecule has 3 atom stereocenters. The molecule has 0 aromatic heterocycles. The first-order valence-electron chi connectivity index (χ1n) is 8.52. The van der Waals surface area contributed by atoms with Gasteiger partial charge in [0.1, 0.15) is 0 Å². The monoisotopic (exact) mass is 303 g/mol. The van der Waals surface area contributed by atoms with E-state index in [-0.39, 0.29) is 0 Å². The molecule has 3 N–H and O–H groups in total. The molecule has 122 valence electrons. The zero-order valence-electron chi connectivity index (χ0n) is 13.8. The van der Waals surface area contributed by atoms with E-state index < -0.39 is 6.10 Å². The largest absolute Gasteiger partial charge is 0.388 e. The Balaban J connectivity index is 1.78. The minimum atomic E-state index is -0.443. The smallest absolute Gasteiger partial charge is 0.191 e. The summed E-state index contributed by atoms with van der Waals surface area (Å²) in [5.41, 5.74) is 0.959. The van der Waals surface area contributed by atoms with Crippen molar-refractivity contribution in [3.63, 3.8) is 0 Å². The van der Waals surface area contributed by atoms with Gasteiger partial charge < -0.3 is 15.7 Å². The first-order valence-corrected chi connectivity index (χ1v) is 8.52.